The van der Waals surface area contributed by atoms with Crippen molar-refractivity contribution in [1.82, 2.24) is 19.9 Å². The molecule has 0 bridgehead atoms. The fourth-order valence-electron chi connectivity index (χ4n) is 0.968. The predicted molar refractivity (Wildman–Crippen MR) is 40.0 cm³/mol. The summed E-state index contributed by atoms with van der Waals surface area (Å²) in [5.41, 5.74) is 2.18. The van der Waals surface area contributed by atoms with E-state index >= 15 is 0 Å². The second-order valence-electron chi connectivity index (χ2n) is 2.33. The molecular formula is C7H8N4. The van der Waals surface area contributed by atoms with Crippen LogP contribution in [0.25, 0.3) is 0 Å². The molecule has 0 aliphatic rings. The quantitative estimate of drug-likeness (QED) is 0.659. The van der Waals surface area contributed by atoms with E-state index in [0.717, 1.165) is 17.8 Å². The predicted octanol–water partition coefficient (Wildman–Crippen LogP) is 0.724. The van der Waals surface area contributed by atoms with Gasteiger partial charge in [-0.05, 0) is 0 Å². The van der Waals surface area contributed by atoms with E-state index in [1.54, 1.807) is 25.0 Å². The van der Waals surface area contributed by atoms with Gasteiger partial charge in [-0.2, -0.15) is 0 Å². The molecule has 11 heavy (non-hydrogen) atoms. The van der Waals surface area contributed by atoms with Crippen LogP contribution >= 0.6 is 0 Å². The van der Waals surface area contributed by atoms with Gasteiger partial charge in [0.2, 0.25) is 0 Å². The fraction of sp³-hybridized carbons (Fsp3) is 0.143. The summed E-state index contributed by atoms with van der Waals surface area (Å²) in [4.78, 5) is 13.9. The van der Waals surface area contributed by atoms with Crippen molar-refractivity contribution < 1.29 is 0 Å². The number of nitrogens with zero attached hydrogens (tertiary/aromatic N) is 2. The van der Waals surface area contributed by atoms with Crippen molar-refractivity contribution in [1.29, 1.82) is 0 Å². The molecule has 2 rings (SSSR count). The van der Waals surface area contributed by atoms with Crippen LogP contribution in [0.5, 0.6) is 0 Å². The van der Waals surface area contributed by atoms with Crippen molar-refractivity contribution in [2.45, 2.75) is 6.42 Å². The highest BCUT2D eigenvalue weighted by Gasteiger charge is 1.96. The third kappa shape index (κ3) is 1.29. The van der Waals surface area contributed by atoms with Gasteiger partial charge in [0.05, 0.1) is 12.7 Å². The highest BCUT2D eigenvalue weighted by molar-refractivity contribution is 5.08. The van der Waals surface area contributed by atoms with Crippen molar-refractivity contribution in [3.8, 4) is 0 Å². The lowest BCUT2D eigenvalue weighted by atomic mass is 10.3. The molecule has 4 nitrogen and oxygen atoms in total. The first-order valence-corrected chi connectivity index (χ1v) is 3.39. The van der Waals surface area contributed by atoms with Crippen LogP contribution in [0.15, 0.2) is 25.0 Å². The summed E-state index contributed by atoms with van der Waals surface area (Å²) >= 11 is 0. The van der Waals surface area contributed by atoms with Gasteiger partial charge in [0, 0.05) is 30.2 Å². The first-order valence-electron chi connectivity index (χ1n) is 3.39. The van der Waals surface area contributed by atoms with Gasteiger partial charge in [-0.3, -0.25) is 0 Å². The number of rotatable bonds is 2. The Labute approximate surface area is 63.7 Å². The number of aromatic nitrogens is 4. The Hall–Kier alpha value is -1.58. The van der Waals surface area contributed by atoms with Gasteiger partial charge in [0.25, 0.3) is 0 Å². The molecule has 4 heteroatoms. The average Bonchev–Trinajstić information content (AvgIpc) is 2.60. The van der Waals surface area contributed by atoms with E-state index in [4.69, 9.17) is 0 Å². The molecule has 56 valence electrons. The maximum Gasteiger partial charge on any atom is 0.0921 e. The summed E-state index contributed by atoms with van der Waals surface area (Å²) in [6.07, 6.45) is 7.79. The number of imidazole rings is 2. The number of aromatic amines is 2. The molecule has 0 saturated carbocycles. The molecule has 0 amide bonds. The van der Waals surface area contributed by atoms with E-state index in [1.165, 1.54) is 0 Å². The Morgan fingerprint density at radius 1 is 1.00 bits per heavy atom. The number of hydrogen-bond acceptors (Lipinski definition) is 2. The molecule has 0 unspecified atom stereocenters. The highest BCUT2D eigenvalue weighted by atomic mass is 14.9. The first-order chi connectivity index (χ1) is 5.45. The van der Waals surface area contributed by atoms with Crippen LogP contribution in [0.4, 0.5) is 0 Å². The standard InChI is InChI=1S/C7H8N4/c1(6-2-8-4-10-6)7-3-9-5-11-7/h2-5H,1H2,(H,8,10)(H,9,11). The van der Waals surface area contributed by atoms with Gasteiger partial charge in [0.15, 0.2) is 0 Å². The Morgan fingerprint density at radius 3 is 1.91 bits per heavy atom. The largest absolute Gasteiger partial charge is 0.348 e. The van der Waals surface area contributed by atoms with Gasteiger partial charge in [-0.15, -0.1) is 0 Å². The van der Waals surface area contributed by atoms with Crippen molar-refractivity contribution in [2.75, 3.05) is 0 Å². The van der Waals surface area contributed by atoms with Crippen LogP contribution in [0.2, 0.25) is 0 Å². The van der Waals surface area contributed by atoms with Crippen molar-refractivity contribution in [3.63, 3.8) is 0 Å². The average molecular weight is 148 g/mol. The highest BCUT2D eigenvalue weighted by Crippen LogP contribution is 2.00. The van der Waals surface area contributed by atoms with E-state index in [1.807, 2.05) is 0 Å². The van der Waals surface area contributed by atoms with E-state index in [9.17, 15) is 0 Å². The summed E-state index contributed by atoms with van der Waals surface area (Å²) < 4.78 is 0. The zero-order valence-electron chi connectivity index (χ0n) is 5.91. The normalized spacial score (nSPS) is 10.2. The smallest absolute Gasteiger partial charge is 0.0921 e. The van der Waals surface area contributed by atoms with E-state index in [2.05, 4.69) is 19.9 Å². The Balaban J connectivity index is 2.14. The van der Waals surface area contributed by atoms with Crippen molar-refractivity contribution >= 4 is 0 Å². The van der Waals surface area contributed by atoms with E-state index in [0.29, 0.717) is 0 Å². The summed E-state index contributed by atoms with van der Waals surface area (Å²) in [5.74, 6) is 0. The van der Waals surface area contributed by atoms with E-state index < -0.39 is 0 Å². The molecule has 2 aromatic rings. The van der Waals surface area contributed by atoms with Gasteiger partial charge in [-0.25, -0.2) is 9.97 Å². The molecule has 0 radical (unpaired) electrons. The molecule has 2 aromatic heterocycles. The molecular weight excluding hydrogens is 140 g/mol. The molecule has 0 spiro atoms. The number of hydrogen-bond donors (Lipinski definition) is 2. The second-order valence-corrected chi connectivity index (χ2v) is 2.33. The second kappa shape index (κ2) is 2.57. The zero-order chi connectivity index (χ0) is 7.52. The van der Waals surface area contributed by atoms with Crippen LogP contribution in [0.1, 0.15) is 11.4 Å². The van der Waals surface area contributed by atoms with Crippen LogP contribution in [-0.2, 0) is 6.42 Å². The number of H-pyrrole nitrogens is 2. The lowest BCUT2D eigenvalue weighted by Gasteiger charge is -1.90. The first kappa shape index (κ1) is 6.15. The SMILES string of the molecule is c1ncc(Cc2cnc[nH]2)[nH]1. The lowest BCUT2D eigenvalue weighted by molar-refractivity contribution is 1.05. The van der Waals surface area contributed by atoms with Crippen LogP contribution in [0, 0.1) is 0 Å². The summed E-state index contributed by atoms with van der Waals surface area (Å²) in [7, 11) is 0. The van der Waals surface area contributed by atoms with Gasteiger partial charge in [-0.1, -0.05) is 0 Å². The minimum Gasteiger partial charge on any atom is -0.348 e. The lowest BCUT2D eigenvalue weighted by Crippen LogP contribution is -1.86. The summed E-state index contributed by atoms with van der Waals surface area (Å²) in [6, 6.07) is 0. The van der Waals surface area contributed by atoms with Crippen LogP contribution in [-0.4, -0.2) is 19.9 Å². The molecule has 0 aliphatic carbocycles. The zero-order valence-corrected chi connectivity index (χ0v) is 5.91. The van der Waals surface area contributed by atoms with Crippen molar-refractivity contribution in [3.05, 3.63) is 36.4 Å². The molecule has 0 fully saturated rings. The summed E-state index contributed by atoms with van der Waals surface area (Å²) in [6.45, 7) is 0. The molecule has 2 N–H and O–H groups in total. The van der Waals surface area contributed by atoms with Gasteiger partial charge < -0.3 is 9.97 Å². The molecule has 0 aromatic carbocycles. The summed E-state index contributed by atoms with van der Waals surface area (Å²) in [5, 5.41) is 0. The van der Waals surface area contributed by atoms with Crippen molar-refractivity contribution in [2.24, 2.45) is 0 Å². The maximum absolute atomic E-state index is 3.91. The van der Waals surface area contributed by atoms with Crippen LogP contribution in [0.3, 0.4) is 0 Å². The van der Waals surface area contributed by atoms with Gasteiger partial charge >= 0.3 is 0 Å². The van der Waals surface area contributed by atoms with Gasteiger partial charge in [0.1, 0.15) is 0 Å². The molecule has 0 saturated heterocycles. The third-order valence-corrected chi connectivity index (χ3v) is 1.49. The Kier molecular flexibility index (Phi) is 1.44. The fourth-order valence-corrected chi connectivity index (χ4v) is 0.968. The van der Waals surface area contributed by atoms with Crippen LogP contribution < -0.4 is 0 Å². The Bertz CT molecular complexity index is 263. The Morgan fingerprint density at radius 2 is 1.55 bits per heavy atom. The maximum atomic E-state index is 3.91. The molecule has 2 heterocycles. The monoisotopic (exact) mass is 148 g/mol. The number of nitrogens with one attached hydrogen (secondary N) is 2. The van der Waals surface area contributed by atoms with E-state index in [-0.39, 0.29) is 0 Å². The molecule has 0 aliphatic heterocycles. The topological polar surface area (TPSA) is 57.4 Å². The minimum atomic E-state index is 0.833. The third-order valence-electron chi connectivity index (χ3n) is 1.49. The molecule has 0 atom stereocenters. The minimum absolute atomic E-state index is 0.833.